The van der Waals surface area contributed by atoms with Gasteiger partial charge in [-0.05, 0) is 42.5 Å². The molecule has 1 aliphatic rings. The van der Waals surface area contributed by atoms with Gasteiger partial charge in [0.25, 0.3) is 5.91 Å². The number of amides is 1. The van der Waals surface area contributed by atoms with Gasteiger partial charge in [-0.25, -0.2) is 4.39 Å². The van der Waals surface area contributed by atoms with E-state index in [1.807, 2.05) is 0 Å². The second-order valence-electron chi connectivity index (χ2n) is 6.97. The van der Waals surface area contributed by atoms with Gasteiger partial charge in [0, 0.05) is 10.4 Å². The van der Waals surface area contributed by atoms with Gasteiger partial charge in [-0.3, -0.25) is 4.79 Å². The molecule has 1 saturated heterocycles. The fourth-order valence-corrected chi connectivity index (χ4v) is 3.81. The number of ether oxygens (including phenoxy) is 1. The van der Waals surface area contributed by atoms with E-state index in [1.165, 1.54) is 17.0 Å². The Labute approximate surface area is 167 Å². The summed E-state index contributed by atoms with van der Waals surface area (Å²) < 4.78 is 24.6. The predicted molar refractivity (Wildman–Crippen MR) is 104 cm³/mol. The zero-order chi connectivity index (χ0) is 19.7. The number of hydrogen-bond donors (Lipinski definition) is 1. The molecule has 3 aromatic rings. The third kappa shape index (κ3) is 3.84. The fraction of sp³-hybridized carbons (Fsp3) is 0.286. The molecule has 5 nitrogen and oxygen atoms in total. The highest BCUT2D eigenvalue weighted by Crippen LogP contribution is 2.24. The van der Waals surface area contributed by atoms with E-state index < -0.39 is 0 Å². The molecule has 1 amide bonds. The fourth-order valence-electron chi connectivity index (χ4n) is 3.63. The van der Waals surface area contributed by atoms with Gasteiger partial charge in [0.15, 0.2) is 5.76 Å². The Morgan fingerprint density at radius 3 is 2.75 bits per heavy atom. The first-order valence-corrected chi connectivity index (χ1v) is 9.55. The third-order valence-corrected chi connectivity index (χ3v) is 5.36. The van der Waals surface area contributed by atoms with Crippen LogP contribution in [0.15, 0.2) is 46.9 Å². The number of furan rings is 1. The number of carbonyl (C=O) groups is 1. The molecule has 2 aromatic carbocycles. The van der Waals surface area contributed by atoms with Crippen molar-refractivity contribution < 1.29 is 23.2 Å². The number of nitrogens with zero attached hydrogens (tertiary/aromatic N) is 1. The maximum absolute atomic E-state index is 13.6. The lowest BCUT2D eigenvalue weighted by Gasteiger charge is -2.32. The first-order valence-electron chi connectivity index (χ1n) is 9.18. The minimum Gasteiger partial charge on any atom is -0.496 e. The van der Waals surface area contributed by atoms with E-state index in [0.29, 0.717) is 41.7 Å². The summed E-state index contributed by atoms with van der Waals surface area (Å²) in [5.41, 5.74) is 1.49. The number of piperazine rings is 1. The van der Waals surface area contributed by atoms with Crippen LogP contribution in [0, 0.1) is 5.82 Å². The van der Waals surface area contributed by atoms with E-state index in [4.69, 9.17) is 20.8 Å². The Hall–Kier alpha value is -2.57. The minimum atomic E-state index is -0.269. The van der Waals surface area contributed by atoms with Gasteiger partial charge in [-0.1, -0.05) is 11.6 Å². The number of fused-ring (bicyclic) bond motifs is 1. The van der Waals surface area contributed by atoms with Crippen LogP contribution in [-0.4, -0.2) is 44.1 Å². The molecule has 1 fully saturated rings. The molecular formula is C21H21ClFN2O3+. The molecule has 0 radical (unpaired) electrons. The number of carbonyl (C=O) groups excluding carboxylic acids is 1. The lowest BCUT2D eigenvalue weighted by molar-refractivity contribution is -0.917. The number of hydrogen-bond acceptors (Lipinski definition) is 3. The van der Waals surface area contributed by atoms with Crippen molar-refractivity contribution in [2.75, 3.05) is 33.3 Å². The van der Waals surface area contributed by atoms with Gasteiger partial charge in [-0.15, -0.1) is 0 Å². The Kier molecular flexibility index (Phi) is 5.24. The molecule has 1 N–H and O–H groups in total. The molecule has 0 bridgehead atoms. The molecule has 28 heavy (non-hydrogen) atoms. The van der Waals surface area contributed by atoms with Crippen LogP contribution in [0.3, 0.4) is 0 Å². The van der Waals surface area contributed by atoms with E-state index >= 15 is 0 Å². The van der Waals surface area contributed by atoms with E-state index in [2.05, 4.69) is 0 Å². The van der Waals surface area contributed by atoms with Crippen molar-refractivity contribution in [3.8, 4) is 5.75 Å². The molecule has 7 heteroatoms. The van der Waals surface area contributed by atoms with Crippen LogP contribution in [0.1, 0.15) is 16.1 Å². The lowest BCUT2D eigenvalue weighted by atomic mass is 10.1. The van der Waals surface area contributed by atoms with Crippen molar-refractivity contribution in [1.82, 2.24) is 4.90 Å². The first kappa shape index (κ1) is 18.8. The summed E-state index contributed by atoms with van der Waals surface area (Å²) >= 11 is 6.00. The van der Waals surface area contributed by atoms with Gasteiger partial charge in [0.2, 0.25) is 0 Å². The van der Waals surface area contributed by atoms with E-state index in [-0.39, 0.29) is 11.7 Å². The van der Waals surface area contributed by atoms with Crippen molar-refractivity contribution in [3.63, 3.8) is 0 Å². The van der Waals surface area contributed by atoms with Crippen molar-refractivity contribution in [1.29, 1.82) is 0 Å². The SMILES string of the molecule is COc1ccc(F)cc1C[NH+]1CCN(C(=O)c2cc3cc(Cl)ccc3o2)CC1. The summed E-state index contributed by atoms with van der Waals surface area (Å²) in [6.07, 6.45) is 0. The molecule has 1 aliphatic heterocycles. The molecule has 0 unspecified atom stereocenters. The Morgan fingerprint density at radius 2 is 2.00 bits per heavy atom. The smallest absolute Gasteiger partial charge is 0.290 e. The van der Waals surface area contributed by atoms with Crippen LogP contribution >= 0.6 is 11.6 Å². The van der Waals surface area contributed by atoms with Gasteiger partial charge < -0.3 is 19.0 Å². The normalized spacial score (nSPS) is 15.2. The van der Waals surface area contributed by atoms with Gasteiger partial charge in [0.1, 0.15) is 23.7 Å². The van der Waals surface area contributed by atoms with Crippen LogP contribution in [0.25, 0.3) is 11.0 Å². The number of methoxy groups -OCH3 is 1. The lowest BCUT2D eigenvalue weighted by Crippen LogP contribution is -3.13. The number of rotatable bonds is 4. The topological polar surface area (TPSA) is 47.1 Å². The highest BCUT2D eigenvalue weighted by molar-refractivity contribution is 6.31. The average molecular weight is 404 g/mol. The van der Waals surface area contributed by atoms with E-state index in [1.54, 1.807) is 42.3 Å². The van der Waals surface area contributed by atoms with Crippen molar-refractivity contribution >= 4 is 28.5 Å². The third-order valence-electron chi connectivity index (χ3n) is 5.13. The number of benzene rings is 2. The first-order chi connectivity index (χ1) is 13.5. The van der Waals surface area contributed by atoms with Gasteiger partial charge in [-0.2, -0.15) is 0 Å². The van der Waals surface area contributed by atoms with Crippen LogP contribution in [0.4, 0.5) is 4.39 Å². The highest BCUT2D eigenvalue weighted by Gasteiger charge is 2.27. The molecule has 0 saturated carbocycles. The van der Waals surface area contributed by atoms with Crippen LogP contribution in [0.2, 0.25) is 5.02 Å². The summed E-state index contributed by atoms with van der Waals surface area (Å²) in [5.74, 6) is 0.629. The Balaban J connectivity index is 1.40. The van der Waals surface area contributed by atoms with Crippen LogP contribution in [-0.2, 0) is 6.54 Å². The largest absolute Gasteiger partial charge is 0.496 e. The summed E-state index contributed by atoms with van der Waals surface area (Å²) in [6.45, 7) is 3.44. The van der Waals surface area contributed by atoms with Crippen molar-refractivity contribution in [2.45, 2.75) is 6.54 Å². The van der Waals surface area contributed by atoms with Gasteiger partial charge in [0.05, 0.1) is 38.9 Å². The second-order valence-corrected chi connectivity index (χ2v) is 7.40. The Morgan fingerprint density at radius 1 is 1.21 bits per heavy atom. The molecule has 0 aliphatic carbocycles. The molecule has 1 aromatic heterocycles. The van der Waals surface area contributed by atoms with Crippen molar-refractivity contribution in [3.05, 3.63) is 64.6 Å². The Bertz CT molecular complexity index is 1010. The summed E-state index contributed by atoms with van der Waals surface area (Å²) in [5, 5.41) is 1.43. The predicted octanol–water partition coefficient (Wildman–Crippen LogP) is 2.77. The van der Waals surface area contributed by atoms with Gasteiger partial charge >= 0.3 is 0 Å². The molecule has 146 valence electrons. The monoisotopic (exact) mass is 403 g/mol. The minimum absolute atomic E-state index is 0.116. The average Bonchev–Trinajstić information content (AvgIpc) is 3.11. The van der Waals surface area contributed by atoms with E-state index in [0.717, 1.165) is 24.0 Å². The summed E-state index contributed by atoms with van der Waals surface area (Å²) in [6, 6.07) is 11.6. The second kappa shape index (κ2) is 7.81. The zero-order valence-corrected chi connectivity index (χ0v) is 16.3. The molecule has 4 rings (SSSR count). The number of nitrogens with one attached hydrogen (secondary N) is 1. The standard InChI is InChI=1S/C21H20ClFN2O3/c1-27-18-5-3-17(23)11-15(18)13-24-6-8-25(9-7-24)21(26)20-12-14-10-16(22)2-4-19(14)28-20/h2-5,10-12H,6-9,13H2,1H3/p+1. The van der Waals surface area contributed by atoms with E-state index in [9.17, 15) is 9.18 Å². The highest BCUT2D eigenvalue weighted by atomic mass is 35.5. The maximum Gasteiger partial charge on any atom is 0.290 e. The summed E-state index contributed by atoms with van der Waals surface area (Å²) in [4.78, 5) is 15.9. The van der Waals surface area contributed by atoms with Crippen LogP contribution < -0.4 is 9.64 Å². The van der Waals surface area contributed by atoms with Crippen LogP contribution in [0.5, 0.6) is 5.75 Å². The number of quaternary nitrogens is 1. The van der Waals surface area contributed by atoms with Crippen molar-refractivity contribution in [2.24, 2.45) is 0 Å². The molecule has 0 atom stereocenters. The molecular weight excluding hydrogens is 383 g/mol. The maximum atomic E-state index is 13.6. The number of halogens is 2. The molecule has 2 heterocycles. The molecule has 0 spiro atoms. The summed E-state index contributed by atoms with van der Waals surface area (Å²) in [7, 11) is 1.59. The zero-order valence-electron chi connectivity index (χ0n) is 15.5. The quantitative estimate of drug-likeness (QED) is 0.728.